The van der Waals surface area contributed by atoms with Gasteiger partial charge in [-0.25, -0.2) is 13.5 Å². The quantitative estimate of drug-likeness (QED) is 0.290. The minimum absolute atomic E-state index is 0.0171. The molecule has 4 aromatic rings. The number of aromatic nitrogens is 3. The standard InChI is InChI=1S/C27H27BrF2N4O4/c1-14-7-8-15(2)33(14)27-16(3)23(32-34(27)20-10-9-18(29)12-19(20)30)26(35)31-13-17-11-21(36-4)24(37-5)25(38-6)22(17)28/h7-12H,13H2,1-6H3,(H,31,35). The molecule has 0 saturated heterocycles. The number of amides is 1. The third-order valence-electron chi connectivity index (χ3n) is 6.21. The normalized spacial score (nSPS) is 11.0. The Kier molecular flexibility index (Phi) is 7.77. The summed E-state index contributed by atoms with van der Waals surface area (Å²) in [5.74, 6) is -0.241. The van der Waals surface area contributed by atoms with E-state index in [0.29, 0.717) is 38.7 Å². The van der Waals surface area contributed by atoms with E-state index in [4.69, 9.17) is 14.2 Å². The summed E-state index contributed by atoms with van der Waals surface area (Å²) in [6.07, 6.45) is 0. The molecule has 11 heteroatoms. The Labute approximate surface area is 227 Å². The van der Waals surface area contributed by atoms with Crippen LogP contribution >= 0.6 is 15.9 Å². The van der Waals surface area contributed by atoms with Crippen molar-refractivity contribution in [3.63, 3.8) is 0 Å². The molecular formula is C27H27BrF2N4O4. The SMILES string of the molecule is COc1cc(CNC(=O)c2nn(-c3ccc(F)cc3F)c(-n3c(C)ccc3C)c2C)c(Br)c(OC)c1OC. The number of halogens is 3. The topological polar surface area (TPSA) is 79.5 Å². The van der Waals surface area contributed by atoms with Gasteiger partial charge in [-0.1, -0.05) is 0 Å². The molecule has 2 aromatic heterocycles. The summed E-state index contributed by atoms with van der Waals surface area (Å²) in [6, 6.07) is 8.78. The van der Waals surface area contributed by atoms with Gasteiger partial charge in [-0.15, -0.1) is 0 Å². The Bertz CT molecular complexity index is 1510. The largest absolute Gasteiger partial charge is 0.493 e. The zero-order valence-corrected chi connectivity index (χ0v) is 23.4. The fourth-order valence-electron chi connectivity index (χ4n) is 4.35. The Hall–Kier alpha value is -3.86. The van der Waals surface area contributed by atoms with Gasteiger partial charge in [0, 0.05) is 29.6 Å². The molecule has 0 fully saturated rings. The predicted octanol–water partition coefficient (Wildman–Crippen LogP) is 5.58. The summed E-state index contributed by atoms with van der Waals surface area (Å²) in [5.41, 5.74) is 3.04. The molecule has 1 N–H and O–H groups in total. The molecule has 0 atom stereocenters. The first-order valence-corrected chi connectivity index (χ1v) is 12.4. The van der Waals surface area contributed by atoms with Crippen LogP contribution in [-0.2, 0) is 6.54 Å². The second kappa shape index (κ2) is 10.9. The zero-order valence-electron chi connectivity index (χ0n) is 21.8. The summed E-state index contributed by atoms with van der Waals surface area (Å²) < 4.78 is 48.6. The first-order chi connectivity index (χ1) is 18.1. The Morgan fingerprint density at radius 1 is 0.974 bits per heavy atom. The van der Waals surface area contributed by atoms with E-state index in [2.05, 4.69) is 26.3 Å². The van der Waals surface area contributed by atoms with Crippen molar-refractivity contribution < 1.29 is 27.8 Å². The molecule has 200 valence electrons. The van der Waals surface area contributed by atoms with Gasteiger partial charge in [0.15, 0.2) is 23.0 Å². The number of ether oxygens (including phenoxy) is 3. The lowest BCUT2D eigenvalue weighted by molar-refractivity contribution is 0.0944. The van der Waals surface area contributed by atoms with Gasteiger partial charge in [-0.3, -0.25) is 4.79 Å². The number of methoxy groups -OCH3 is 3. The highest BCUT2D eigenvalue weighted by atomic mass is 79.9. The average Bonchev–Trinajstić information content (AvgIpc) is 3.39. The van der Waals surface area contributed by atoms with Crippen molar-refractivity contribution in [1.29, 1.82) is 0 Å². The molecular weight excluding hydrogens is 562 g/mol. The molecule has 0 bridgehead atoms. The van der Waals surface area contributed by atoms with E-state index in [1.807, 2.05) is 30.5 Å². The summed E-state index contributed by atoms with van der Waals surface area (Å²) in [5, 5.41) is 7.35. The van der Waals surface area contributed by atoms with Gasteiger partial charge >= 0.3 is 0 Å². The molecule has 2 heterocycles. The van der Waals surface area contributed by atoms with Gasteiger partial charge in [-0.2, -0.15) is 5.10 Å². The minimum atomic E-state index is -0.801. The van der Waals surface area contributed by atoms with Crippen molar-refractivity contribution >= 4 is 21.8 Å². The molecule has 8 nitrogen and oxygen atoms in total. The van der Waals surface area contributed by atoms with Crippen molar-refractivity contribution in [3.05, 3.63) is 80.7 Å². The monoisotopic (exact) mass is 588 g/mol. The van der Waals surface area contributed by atoms with Gasteiger partial charge in [-0.05, 0) is 72.6 Å². The van der Waals surface area contributed by atoms with Crippen molar-refractivity contribution in [2.75, 3.05) is 21.3 Å². The lowest BCUT2D eigenvalue weighted by atomic mass is 10.1. The Morgan fingerprint density at radius 2 is 1.63 bits per heavy atom. The highest BCUT2D eigenvalue weighted by Gasteiger charge is 2.26. The van der Waals surface area contributed by atoms with Gasteiger partial charge in [0.25, 0.3) is 5.91 Å². The molecule has 0 spiro atoms. The van der Waals surface area contributed by atoms with Crippen molar-refractivity contribution in [2.24, 2.45) is 0 Å². The maximum Gasteiger partial charge on any atom is 0.272 e. The van der Waals surface area contributed by atoms with E-state index in [1.54, 1.807) is 13.0 Å². The first kappa shape index (κ1) is 27.2. The molecule has 2 aromatic carbocycles. The fraction of sp³-hybridized carbons (Fsp3) is 0.259. The smallest absolute Gasteiger partial charge is 0.272 e. The van der Waals surface area contributed by atoms with Gasteiger partial charge < -0.3 is 24.1 Å². The third-order valence-corrected chi connectivity index (χ3v) is 7.08. The highest BCUT2D eigenvalue weighted by Crippen LogP contribution is 2.44. The predicted molar refractivity (Wildman–Crippen MR) is 142 cm³/mol. The first-order valence-electron chi connectivity index (χ1n) is 11.6. The maximum absolute atomic E-state index is 14.9. The van der Waals surface area contributed by atoms with Crippen LogP contribution in [0.2, 0.25) is 0 Å². The fourth-order valence-corrected chi connectivity index (χ4v) is 4.94. The van der Waals surface area contributed by atoms with E-state index in [9.17, 15) is 13.6 Å². The molecule has 0 aliphatic carbocycles. The van der Waals surface area contributed by atoms with Crippen LogP contribution in [0.1, 0.15) is 33.0 Å². The maximum atomic E-state index is 14.9. The summed E-state index contributed by atoms with van der Waals surface area (Å²) in [7, 11) is 4.51. The summed E-state index contributed by atoms with van der Waals surface area (Å²) >= 11 is 3.51. The number of nitrogens with zero attached hydrogens (tertiary/aromatic N) is 3. The number of carbonyl (C=O) groups excluding carboxylic acids is 1. The van der Waals surface area contributed by atoms with Crippen molar-refractivity contribution in [1.82, 2.24) is 19.7 Å². The van der Waals surface area contributed by atoms with Gasteiger partial charge in [0.2, 0.25) is 5.75 Å². The second-order valence-electron chi connectivity index (χ2n) is 8.56. The van der Waals surface area contributed by atoms with Crippen LogP contribution in [0.5, 0.6) is 17.2 Å². The summed E-state index contributed by atoms with van der Waals surface area (Å²) in [4.78, 5) is 13.4. The number of benzene rings is 2. The molecule has 0 unspecified atom stereocenters. The molecule has 0 aliphatic rings. The van der Waals surface area contributed by atoms with Crippen molar-refractivity contribution in [2.45, 2.75) is 27.3 Å². The van der Waals surface area contributed by atoms with Crippen LogP contribution in [0.3, 0.4) is 0 Å². The number of hydrogen-bond donors (Lipinski definition) is 1. The van der Waals surface area contributed by atoms with Crippen LogP contribution in [0.25, 0.3) is 11.5 Å². The number of hydrogen-bond acceptors (Lipinski definition) is 5. The van der Waals surface area contributed by atoms with E-state index in [-0.39, 0.29) is 17.9 Å². The summed E-state index contributed by atoms with van der Waals surface area (Å²) in [6.45, 7) is 5.63. The lowest BCUT2D eigenvalue weighted by Crippen LogP contribution is -2.24. The highest BCUT2D eigenvalue weighted by molar-refractivity contribution is 9.10. The second-order valence-corrected chi connectivity index (χ2v) is 9.35. The van der Waals surface area contributed by atoms with Gasteiger partial charge in [0.1, 0.15) is 17.3 Å². The van der Waals surface area contributed by atoms with Crippen LogP contribution in [0.15, 0.2) is 40.9 Å². The Balaban J connectivity index is 1.77. The molecule has 0 saturated carbocycles. The number of aryl methyl sites for hydroxylation is 2. The molecule has 4 rings (SSSR count). The minimum Gasteiger partial charge on any atom is -0.493 e. The zero-order chi connectivity index (χ0) is 27.7. The van der Waals surface area contributed by atoms with Crippen LogP contribution in [0.4, 0.5) is 8.78 Å². The number of rotatable bonds is 8. The van der Waals surface area contributed by atoms with E-state index in [0.717, 1.165) is 23.5 Å². The Morgan fingerprint density at radius 3 is 2.21 bits per heavy atom. The van der Waals surface area contributed by atoms with Gasteiger partial charge in [0.05, 0.1) is 25.8 Å². The van der Waals surface area contributed by atoms with E-state index in [1.165, 1.54) is 32.1 Å². The average molecular weight is 589 g/mol. The number of carbonyl (C=O) groups is 1. The van der Waals surface area contributed by atoms with Crippen molar-refractivity contribution in [3.8, 4) is 28.8 Å². The third kappa shape index (κ3) is 4.73. The molecule has 1 amide bonds. The number of nitrogens with one attached hydrogen (secondary N) is 1. The lowest BCUT2D eigenvalue weighted by Gasteiger charge is -2.17. The molecule has 0 aliphatic heterocycles. The molecule has 38 heavy (non-hydrogen) atoms. The van der Waals surface area contributed by atoms with Crippen LogP contribution < -0.4 is 19.5 Å². The van der Waals surface area contributed by atoms with E-state index < -0.39 is 17.5 Å². The van der Waals surface area contributed by atoms with Crippen LogP contribution in [0, 0.1) is 32.4 Å². The van der Waals surface area contributed by atoms with Crippen LogP contribution in [-0.4, -0.2) is 41.6 Å². The van der Waals surface area contributed by atoms with E-state index >= 15 is 0 Å². The molecule has 0 radical (unpaired) electrons.